The molecule has 1 N–H and O–H groups in total. The quantitative estimate of drug-likeness (QED) is 0.512. The van der Waals surface area contributed by atoms with Gasteiger partial charge in [0.2, 0.25) is 0 Å². The lowest BCUT2D eigenvalue weighted by Crippen LogP contribution is -2.45. The number of carbonyl (C=O) groups excluding carboxylic acids is 1. The molecule has 1 saturated heterocycles. The number of imidazole rings is 1. The van der Waals surface area contributed by atoms with E-state index in [9.17, 15) is 13.6 Å². The number of nitrogens with one attached hydrogen (secondary N) is 1. The Morgan fingerprint density at radius 1 is 1.06 bits per heavy atom. The molecule has 4 aromatic rings. The van der Waals surface area contributed by atoms with Crippen LogP contribution < -0.4 is 0 Å². The standard InChI is InChI=1S/C24H22F2N4O/c25-18-10-11-19-23(22(18)26)28-21(27-19)15-16-7-3-4-14-30(16)24(31)17-8-1-2-9-20(17)29-12-5-6-13-29/h1-2,5-6,8-13,16H,3-4,7,14-15H2,(H,27,28). The third kappa shape index (κ3) is 3.60. The lowest BCUT2D eigenvalue weighted by atomic mass is 9.97. The molecule has 0 radical (unpaired) electrons. The van der Waals surface area contributed by atoms with Crippen LogP contribution in [-0.2, 0) is 6.42 Å². The molecule has 0 spiro atoms. The van der Waals surface area contributed by atoms with Crippen LogP contribution in [0.15, 0.2) is 60.9 Å². The number of amides is 1. The van der Waals surface area contributed by atoms with Crippen LogP contribution >= 0.6 is 0 Å². The monoisotopic (exact) mass is 420 g/mol. The summed E-state index contributed by atoms with van der Waals surface area (Å²) in [7, 11) is 0. The van der Waals surface area contributed by atoms with Gasteiger partial charge in [0.25, 0.3) is 5.91 Å². The second-order valence-electron chi connectivity index (χ2n) is 7.90. The summed E-state index contributed by atoms with van der Waals surface area (Å²) in [4.78, 5) is 22.8. The SMILES string of the molecule is O=C(c1ccccc1-n1cccc1)N1CCCCC1Cc1nc2ccc(F)c(F)c2[nH]1. The van der Waals surface area contributed by atoms with E-state index in [1.807, 2.05) is 58.3 Å². The van der Waals surface area contributed by atoms with Crippen LogP contribution in [0.25, 0.3) is 16.7 Å². The molecule has 5 nitrogen and oxygen atoms in total. The fourth-order valence-electron chi connectivity index (χ4n) is 4.40. The molecule has 1 atom stereocenters. The van der Waals surface area contributed by atoms with Crippen LogP contribution in [0.2, 0.25) is 0 Å². The number of para-hydroxylation sites is 1. The van der Waals surface area contributed by atoms with Gasteiger partial charge in [-0.25, -0.2) is 13.8 Å². The van der Waals surface area contributed by atoms with Crippen molar-refractivity contribution in [3.05, 3.63) is 83.9 Å². The number of nitrogens with zero attached hydrogens (tertiary/aromatic N) is 3. The van der Waals surface area contributed by atoms with Crippen LogP contribution in [0.5, 0.6) is 0 Å². The average molecular weight is 420 g/mol. The molecule has 2 aromatic heterocycles. The van der Waals surface area contributed by atoms with Crippen molar-refractivity contribution in [2.24, 2.45) is 0 Å². The van der Waals surface area contributed by atoms with Gasteiger partial charge in [0, 0.05) is 31.4 Å². The summed E-state index contributed by atoms with van der Waals surface area (Å²) in [6.07, 6.45) is 7.09. The van der Waals surface area contributed by atoms with Crippen LogP contribution in [-0.4, -0.2) is 37.9 Å². The van der Waals surface area contributed by atoms with Crippen molar-refractivity contribution in [1.29, 1.82) is 0 Å². The zero-order valence-electron chi connectivity index (χ0n) is 16.9. The molecule has 0 bridgehead atoms. The maximum Gasteiger partial charge on any atom is 0.256 e. The van der Waals surface area contributed by atoms with Gasteiger partial charge in [-0.05, 0) is 55.7 Å². The molecule has 1 amide bonds. The smallest absolute Gasteiger partial charge is 0.256 e. The normalized spacial score (nSPS) is 16.7. The van der Waals surface area contributed by atoms with Gasteiger partial charge < -0.3 is 14.5 Å². The number of piperidine rings is 1. The van der Waals surface area contributed by atoms with E-state index in [-0.39, 0.29) is 17.5 Å². The molecule has 3 heterocycles. The number of carbonyl (C=O) groups is 1. The maximum atomic E-state index is 14.1. The minimum atomic E-state index is -0.923. The van der Waals surface area contributed by atoms with Gasteiger partial charge in [-0.15, -0.1) is 0 Å². The van der Waals surface area contributed by atoms with E-state index in [0.717, 1.165) is 31.0 Å². The van der Waals surface area contributed by atoms with Gasteiger partial charge in [0.15, 0.2) is 11.6 Å². The van der Waals surface area contributed by atoms with E-state index in [2.05, 4.69) is 9.97 Å². The number of aromatic amines is 1. The zero-order chi connectivity index (χ0) is 21.4. The highest BCUT2D eigenvalue weighted by atomic mass is 19.2. The van der Waals surface area contributed by atoms with Crippen molar-refractivity contribution < 1.29 is 13.6 Å². The molecular weight excluding hydrogens is 398 g/mol. The number of fused-ring (bicyclic) bond motifs is 1. The molecule has 2 aromatic carbocycles. The van der Waals surface area contributed by atoms with Crippen molar-refractivity contribution in [3.8, 4) is 5.69 Å². The molecule has 7 heteroatoms. The Labute approximate surface area is 178 Å². The minimum absolute atomic E-state index is 0.0256. The number of hydrogen-bond donors (Lipinski definition) is 1. The number of H-pyrrole nitrogens is 1. The fourth-order valence-corrected chi connectivity index (χ4v) is 4.40. The van der Waals surface area contributed by atoms with Crippen LogP contribution in [0.3, 0.4) is 0 Å². The fraction of sp³-hybridized carbons (Fsp3) is 0.250. The molecule has 5 rings (SSSR count). The second-order valence-corrected chi connectivity index (χ2v) is 7.90. The lowest BCUT2D eigenvalue weighted by molar-refractivity contribution is 0.0611. The zero-order valence-corrected chi connectivity index (χ0v) is 16.9. The van der Waals surface area contributed by atoms with E-state index >= 15 is 0 Å². The lowest BCUT2D eigenvalue weighted by Gasteiger charge is -2.36. The Bertz CT molecular complexity index is 1230. The first-order chi connectivity index (χ1) is 15.1. The van der Waals surface area contributed by atoms with Gasteiger partial charge in [0.05, 0.1) is 16.8 Å². The summed E-state index contributed by atoms with van der Waals surface area (Å²) in [5.74, 6) is -1.29. The highest BCUT2D eigenvalue weighted by Crippen LogP contribution is 2.26. The van der Waals surface area contributed by atoms with E-state index in [1.165, 1.54) is 6.07 Å². The van der Waals surface area contributed by atoms with Gasteiger partial charge in [-0.3, -0.25) is 4.79 Å². The molecule has 0 saturated carbocycles. The number of likely N-dealkylation sites (tertiary alicyclic amines) is 1. The Morgan fingerprint density at radius 3 is 2.71 bits per heavy atom. The van der Waals surface area contributed by atoms with Crippen molar-refractivity contribution in [3.63, 3.8) is 0 Å². The molecule has 1 aliphatic rings. The summed E-state index contributed by atoms with van der Waals surface area (Å²) in [5.41, 5.74) is 1.94. The Morgan fingerprint density at radius 2 is 1.87 bits per heavy atom. The number of hydrogen-bond acceptors (Lipinski definition) is 2. The summed E-state index contributed by atoms with van der Waals surface area (Å²) in [6.45, 7) is 0.659. The molecule has 31 heavy (non-hydrogen) atoms. The molecule has 158 valence electrons. The first kappa shape index (κ1) is 19.5. The largest absolute Gasteiger partial charge is 0.339 e. The Kier molecular flexibility index (Phi) is 5.02. The van der Waals surface area contributed by atoms with Crippen LogP contribution in [0.4, 0.5) is 8.78 Å². The third-order valence-electron chi connectivity index (χ3n) is 5.93. The molecular formula is C24H22F2N4O. The van der Waals surface area contributed by atoms with Crippen molar-refractivity contribution in [1.82, 2.24) is 19.4 Å². The molecule has 1 fully saturated rings. The van der Waals surface area contributed by atoms with Crippen molar-refractivity contribution >= 4 is 16.9 Å². The highest BCUT2D eigenvalue weighted by molar-refractivity contribution is 5.98. The molecule has 1 aliphatic heterocycles. The number of halogens is 2. The predicted molar refractivity (Wildman–Crippen MR) is 114 cm³/mol. The highest BCUT2D eigenvalue weighted by Gasteiger charge is 2.30. The second kappa shape index (κ2) is 7.98. The van der Waals surface area contributed by atoms with Gasteiger partial charge >= 0.3 is 0 Å². The van der Waals surface area contributed by atoms with Crippen LogP contribution in [0, 0.1) is 11.6 Å². The Hall–Kier alpha value is -3.48. The summed E-state index contributed by atoms with van der Waals surface area (Å²) >= 11 is 0. The van der Waals surface area contributed by atoms with E-state index in [1.54, 1.807) is 0 Å². The first-order valence-corrected chi connectivity index (χ1v) is 10.5. The molecule has 1 unspecified atom stereocenters. The number of rotatable bonds is 4. The van der Waals surface area contributed by atoms with Crippen LogP contribution in [0.1, 0.15) is 35.4 Å². The van der Waals surface area contributed by atoms with E-state index in [4.69, 9.17) is 0 Å². The number of benzene rings is 2. The Balaban J connectivity index is 1.44. The van der Waals surface area contributed by atoms with Gasteiger partial charge in [-0.2, -0.15) is 0 Å². The summed E-state index contributed by atoms with van der Waals surface area (Å²) in [5, 5.41) is 0. The van der Waals surface area contributed by atoms with Crippen molar-refractivity contribution in [2.75, 3.05) is 6.54 Å². The number of aromatic nitrogens is 3. The van der Waals surface area contributed by atoms with Gasteiger partial charge in [-0.1, -0.05) is 12.1 Å². The average Bonchev–Trinajstić information content (AvgIpc) is 3.47. The maximum absolute atomic E-state index is 14.1. The predicted octanol–water partition coefficient (Wildman–Crippen LogP) is 4.87. The summed E-state index contributed by atoms with van der Waals surface area (Å²) < 4.78 is 29.6. The minimum Gasteiger partial charge on any atom is -0.339 e. The third-order valence-corrected chi connectivity index (χ3v) is 5.93. The topological polar surface area (TPSA) is 53.9 Å². The van der Waals surface area contributed by atoms with Crippen molar-refractivity contribution in [2.45, 2.75) is 31.7 Å². The van der Waals surface area contributed by atoms with E-state index < -0.39 is 11.6 Å². The molecule has 0 aliphatic carbocycles. The first-order valence-electron chi connectivity index (χ1n) is 10.5. The summed E-state index contributed by atoms with van der Waals surface area (Å²) in [6, 6.07) is 13.9. The van der Waals surface area contributed by atoms with E-state index in [0.29, 0.717) is 29.9 Å². The van der Waals surface area contributed by atoms with Gasteiger partial charge in [0.1, 0.15) is 11.3 Å².